The minimum Gasteiger partial charge on any atom is -0.456 e. The largest absolute Gasteiger partial charge is 0.456 e. The van der Waals surface area contributed by atoms with E-state index in [2.05, 4.69) is 0 Å². The van der Waals surface area contributed by atoms with Crippen LogP contribution < -0.4 is 0 Å². The van der Waals surface area contributed by atoms with Gasteiger partial charge in [0.15, 0.2) is 24.4 Å². The maximum atomic E-state index is 12.7. The summed E-state index contributed by atoms with van der Waals surface area (Å²) in [5.74, 6) is -4.54. The molecule has 0 spiro atoms. The summed E-state index contributed by atoms with van der Waals surface area (Å²) < 4.78 is 21.5. The minimum atomic E-state index is -1.95. The Bertz CT molecular complexity index is 950. The van der Waals surface area contributed by atoms with Crippen molar-refractivity contribution in [2.24, 2.45) is 5.92 Å². The molecule has 1 saturated carbocycles. The van der Waals surface area contributed by atoms with E-state index in [0.29, 0.717) is 6.42 Å². The predicted molar refractivity (Wildman–Crippen MR) is 132 cm³/mol. The number of esters is 4. The Morgan fingerprint density at radius 2 is 1.13 bits per heavy atom. The predicted octanol–water partition coefficient (Wildman–Crippen LogP) is 0.259. The quantitative estimate of drug-likeness (QED) is 0.159. The third-order valence-corrected chi connectivity index (χ3v) is 6.31. The second-order valence-electron chi connectivity index (χ2n) is 8.72. The van der Waals surface area contributed by atoms with Crippen LogP contribution in [0.3, 0.4) is 0 Å². The molecule has 0 aromatic carbocycles. The van der Waals surface area contributed by atoms with Gasteiger partial charge in [-0.05, 0) is 34.1 Å². The summed E-state index contributed by atoms with van der Waals surface area (Å²) in [6.07, 6.45) is -6.72. The molecule has 0 aromatic heterocycles. The maximum Gasteiger partial charge on any atom is 0.336 e. The van der Waals surface area contributed by atoms with Crippen LogP contribution in [0, 0.1) is 5.92 Å². The van der Waals surface area contributed by atoms with E-state index >= 15 is 0 Å². The Kier molecular flexibility index (Phi) is 13.3. The topological polar surface area (TPSA) is 186 Å². The second kappa shape index (κ2) is 15.4. The van der Waals surface area contributed by atoms with Gasteiger partial charge >= 0.3 is 23.9 Å². The van der Waals surface area contributed by atoms with Gasteiger partial charge in [-0.15, -0.1) is 0 Å². The second-order valence-corrected chi connectivity index (χ2v) is 8.72. The molecule has 0 bridgehead atoms. The lowest BCUT2D eigenvalue weighted by atomic mass is 9.84. The standard InChI is InChI=1S/C26H38O12/c1-7-13(5)23(31)35-19-17(29)20(36-24(32)14(6)8-2)22(38-26(34)16(10-4)12-28)21(18(19)30)37-25(33)15(9-3)11-27/h8-10,13,17-22,27-30H,7,11-12H2,1-6H3/b14-8+,15-9+,16-10+/t13?,17-,18-,19-,20-,21+,22+/m1/s1. The molecule has 38 heavy (non-hydrogen) atoms. The lowest BCUT2D eigenvalue weighted by Crippen LogP contribution is -2.67. The molecular weight excluding hydrogens is 504 g/mol. The lowest BCUT2D eigenvalue weighted by molar-refractivity contribution is -0.251. The van der Waals surface area contributed by atoms with Gasteiger partial charge in [-0.1, -0.05) is 32.1 Å². The van der Waals surface area contributed by atoms with Crippen molar-refractivity contribution < 1.29 is 58.6 Å². The zero-order valence-electron chi connectivity index (χ0n) is 22.4. The summed E-state index contributed by atoms with van der Waals surface area (Å²) in [7, 11) is 0. The van der Waals surface area contributed by atoms with Crippen molar-refractivity contribution in [2.45, 2.75) is 84.6 Å². The summed E-state index contributed by atoms with van der Waals surface area (Å²) in [6, 6.07) is 0. The molecule has 1 aliphatic carbocycles. The van der Waals surface area contributed by atoms with Gasteiger partial charge in [0.2, 0.25) is 0 Å². The van der Waals surface area contributed by atoms with E-state index in [0.717, 1.165) is 0 Å². The third kappa shape index (κ3) is 7.97. The van der Waals surface area contributed by atoms with Gasteiger partial charge in [0.1, 0.15) is 12.2 Å². The number of carbonyl (C=O) groups is 4. The van der Waals surface area contributed by atoms with Gasteiger partial charge in [-0.25, -0.2) is 14.4 Å². The zero-order valence-corrected chi connectivity index (χ0v) is 22.4. The van der Waals surface area contributed by atoms with Crippen LogP contribution in [0.5, 0.6) is 0 Å². The van der Waals surface area contributed by atoms with Crippen LogP contribution in [0.15, 0.2) is 34.9 Å². The summed E-state index contributed by atoms with van der Waals surface area (Å²) >= 11 is 0. The monoisotopic (exact) mass is 542 g/mol. The average molecular weight is 543 g/mol. The number of aliphatic hydroxyl groups is 4. The normalized spacial score (nSPS) is 27.3. The van der Waals surface area contributed by atoms with E-state index in [1.54, 1.807) is 20.8 Å². The highest BCUT2D eigenvalue weighted by Gasteiger charge is 2.57. The van der Waals surface area contributed by atoms with E-state index in [1.807, 2.05) is 0 Å². The van der Waals surface area contributed by atoms with Crippen LogP contribution >= 0.6 is 0 Å². The van der Waals surface area contributed by atoms with E-state index in [1.165, 1.54) is 39.0 Å². The van der Waals surface area contributed by atoms with E-state index < -0.39 is 79.6 Å². The summed E-state index contributed by atoms with van der Waals surface area (Å²) in [5, 5.41) is 41.2. The van der Waals surface area contributed by atoms with Gasteiger partial charge < -0.3 is 39.4 Å². The average Bonchev–Trinajstić information content (AvgIpc) is 2.90. The molecule has 0 aromatic rings. The molecule has 1 fully saturated rings. The van der Waals surface area contributed by atoms with Gasteiger partial charge in [0.25, 0.3) is 0 Å². The van der Waals surface area contributed by atoms with Crippen molar-refractivity contribution in [3.05, 3.63) is 34.9 Å². The Labute approximate surface area is 221 Å². The highest BCUT2D eigenvalue weighted by molar-refractivity contribution is 5.90. The number of hydrogen-bond acceptors (Lipinski definition) is 12. The molecule has 12 heteroatoms. The first-order valence-corrected chi connectivity index (χ1v) is 12.3. The first kappa shape index (κ1) is 33.0. The van der Waals surface area contributed by atoms with E-state index in [9.17, 15) is 39.6 Å². The molecular formula is C26H38O12. The molecule has 4 N–H and O–H groups in total. The molecule has 0 saturated heterocycles. The summed E-state index contributed by atoms with van der Waals surface area (Å²) in [4.78, 5) is 50.6. The van der Waals surface area contributed by atoms with Crippen molar-refractivity contribution in [1.82, 2.24) is 0 Å². The smallest absolute Gasteiger partial charge is 0.336 e. The van der Waals surface area contributed by atoms with Crippen molar-refractivity contribution in [1.29, 1.82) is 0 Å². The first-order chi connectivity index (χ1) is 17.9. The number of carbonyl (C=O) groups excluding carboxylic acids is 4. The molecule has 0 heterocycles. The van der Waals surface area contributed by atoms with Gasteiger partial charge in [0.05, 0.1) is 30.3 Å². The summed E-state index contributed by atoms with van der Waals surface area (Å²) in [5.41, 5.74) is -0.288. The number of hydrogen-bond donors (Lipinski definition) is 4. The highest BCUT2D eigenvalue weighted by Crippen LogP contribution is 2.32. The van der Waals surface area contributed by atoms with Crippen LogP contribution in [0.2, 0.25) is 0 Å². The van der Waals surface area contributed by atoms with Crippen LogP contribution in [0.4, 0.5) is 0 Å². The maximum absolute atomic E-state index is 12.7. The molecule has 0 radical (unpaired) electrons. The van der Waals surface area contributed by atoms with Crippen LogP contribution in [-0.4, -0.2) is 94.1 Å². The first-order valence-electron chi connectivity index (χ1n) is 12.3. The van der Waals surface area contributed by atoms with Gasteiger partial charge in [-0.3, -0.25) is 4.79 Å². The fraction of sp³-hybridized carbons (Fsp3) is 0.615. The van der Waals surface area contributed by atoms with Crippen LogP contribution in [0.1, 0.15) is 48.0 Å². The fourth-order valence-corrected chi connectivity index (χ4v) is 3.40. The highest BCUT2D eigenvalue weighted by atomic mass is 16.6. The molecule has 1 unspecified atom stereocenters. The van der Waals surface area contributed by atoms with Gasteiger partial charge in [0, 0.05) is 5.57 Å². The molecule has 0 amide bonds. The number of ether oxygens (including phenoxy) is 4. The van der Waals surface area contributed by atoms with E-state index in [-0.39, 0.29) is 16.7 Å². The number of rotatable bonds is 11. The van der Waals surface area contributed by atoms with Crippen LogP contribution in [0.25, 0.3) is 0 Å². The van der Waals surface area contributed by atoms with Crippen molar-refractivity contribution in [3.63, 3.8) is 0 Å². The lowest BCUT2D eigenvalue weighted by Gasteiger charge is -2.45. The number of aliphatic hydroxyl groups excluding tert-OH is 4. The molecule has 12 nitrogen and oxygen atoms in total. The molecule has 214 valence electrons. The van der Waals surface area contributed by atoms with Crippen molar-refractivity contribution in [2.75, 3.05) is 13.2 Å². The Hall–Kier alpha value is -3.06. The molecule has 7 atom stereocenters. The fourth-order valence-electron chi connectivity index (χ4n) is 3.40. The SMILES string of the molecule is C/C=C(\C)C(=O)O[C@@H]1[C@H](O)[C@@H](OC(=O)C(C)CC)[C@@H](O)[C@H](OC(=O)/C(=C/C)CO)[C@H]1OC(=O)/C(=C/C)CO. The van der Waals surface area contributed by atoms with Crippen LogP contribution in [-0.2, 0) is 38.1 Å². The molecule has 0 aliphatic heterocycles. The van der Waals surface area contributed by atoms with Gasteiger partial charge in [-0.2, -0.15) is 0 Å². The molecule has 1 aliphatic rings. The zero-order chi connectivity index (χ0) is 29.2. The Morgan fingerprint density at radius 1 is 0.711 bits per heavy atom. The number of allylic oxidation sites excluding steroid dienone is 3. The third-order valence-electron chi connectivity index (χ3n) is 6.31. The van der Waals surface area contributed by atoms with Crippen molar-refractivity contribution >= 4 is 23.9 Å². The Morgan fingerprint density at radius 3 is 1.50 bits per heavy atom. The summed E-state index contributed by atoms with van der Waals surface area (Å²) in [6.45, 7) is 7.73. The molecule has 1 rings (SSSR count). The Balaban J connectivity index is 3.66. The van der Waals surface area contributed by atoms with Crippen molar-refractivity contribution in [3.8, 4) is 0 Å². The van der Waals surface area contributed by atoms with E-state index in [4.69, 9.17) is 18.9 Å². The minimum absolute atomic E-state index is 0.121.